The van der Waals surface area contributed by atoms with E-state index < -0.39 is 0 Å². The van der Waals surface area contributed by atoms with Crippen LogP contribution in [-0.4, -0.2) is 46.3 Å². The summed E-state index contributed by atoms with van der Waals surface area (Å²) in [6, 6.07) is 4.94. The number of aryl methyl sites for hydroxylation is 2. The highest BCUT2D eigenvalue weighted by Gasteiger charge is 2.22. The molecule has 1 amide bonds. The molecule has 0 bridgehead atoms. The minimum atomic E-state index is -0.361. The Bertz CT molecular complexity index is 1590. The van der Waals surface area contributed by atoms with E-state index in [2.05, 4.69) is 10.3 Å². The monoisotopic (exact) mass is 524 g/mol. The molecule has 4 rings (SSSR count). The molecule has 0 aliphatic carbocycles. The van der Waals surface area contributed by atoms with Gasteiger partial charge in [0.15, 0.2) is 0 Å². The number of methoxy groups -OCH3 is 1. The lowest BCUT2D eigenvalue weighted by molar-refractivity contribution is -0.143. The topological polar surface area (TPSA) is 104 Å². The lowest BCUT2D eigenvalue weighted by Crippen LogP contribution is -2.24. The number of hydrogen-bond donors (Lipinski definition) is 1. The highest BCUT2D eigenvalue weighted by molar-refractivity contribution is 6.36. The van der Waals surface area contributed by atoms with Crippen LogP contribution >= 0.6 is 11.6 Å². The van der Waals surface area contributed by atoms with Gasteiger partial charge in [-0.2, -0.15) is 0 Å². The van der Waals surface area contributed by atoms with Crippen molar-refractivity contribution >= 4 is 45.4 Å². The maximum atomic E-state index is 13.9. The predicted molar refractivity (Wildman–Crippen MR) is 144 cm³/mol. The van der Waals surface area contributed by atoms with Crippen molar-refractivity contribution in [2.75, 3.05) is 20.3 Å². The van der Waals surface area contributed by atoms with E-state index in [1.165, 1.54) is 7.11 Å². The Labute approximate surface area is 218 Å². The van der Waals surface area contributed by atoms with E-state index in [4.69, 9.17) is 21.1 Å². The van der Waals surface area contributed by atoms with Gasteiger partial charge in [-0.15, -0.1) is 0 Å². The molecule has 10 heteroatoms. The number of carbonyl (C=O) groups excluding carboxylic acids is 2. The van der Waals surface area contributed by atoms with Crippen LogP contribution in [0.2, 0.25) is 5.02 Å². The van der Waals surface area contributed by atoms with Crippen LogP contribution < -0.4 is 15.6 Å². The lowest BCUT2D eigenvalue weighted by Gasteiger charge is -2.16. The third kappa shape index (κ3) is 4.67. The SMILES string of the molecule is CCNC(=O)c1cc(OC)cc(-c2cc3cnc4c(c(C)cn4CC(=O)OCC)c3n(CC)c2=O)c1Cl. The Morgan fingerprint density at radius 1 is 1.14 bits per heavy atom. The van der Waals surface area contributed by atoms with Crippen LogP contribution in [0.15, 0.2) is 35.4 Å². The summed E-state index contributed by atoms with van der Waals surface area (Å²) < 4.78 is 13.9. The van der Waals surface area contributed by atoms with Gasteiger partial charge in [0.2, 0.25) is 0 Å². The predicted octanol–water partition coefficient (Wildman–Crippen LogP) is 4.32. The maximum absolute atomic E-state index is 13.9. The van der Waals surface area contributed by atoms with E-state index in [1.54, 1.807) is 40.5 Å². The zero-order valence-electron chi connectivity index (χ0n) is 21.5. The first-order valence-corrected chi connectivity index (χ1v) is 12.5. The molecule has 0 saturated heterocycles. The van der Waals surface area contributed by atoms with E-state index in [-0.39, 0.29) is 34.6 Å². The summed E-state index contributed by atoms with van der Waals surface area (Å²) in [4.78, 5) is 43.3. The molecule has 4 aromatic rings. The summed E-state index contributed by atoms with van der Waals surface area (Å²) in [5.41, 5.74) is 2.86. The Kier molecular flexibility index (Phi) is 7.54. The standard InChI is InChI=1S/C27H29ClN4O5/c1-6-29-26(34)20-11-17(36-5)10-18(23(20)28)19-9-16-12-30-25-22(24(16)32(7-2)27(19)35)15(4)13-31(25)14-21(33)37-8-3/h9-13H,6-8,14H2,1-5H3,(H,29,34). The van der Waals surface area contributed by atoms with Crippen LogP contribution in [-0.2, 0) is 22.6 Å². The van der Waals surface area contributed by atoms with Gasteiger partial charge in [0.05, 0.1) is 29.8 Å². The van der Waals surface area contributed by atoms with Crippen molar-refractivity contribution in [3.05, 3.63) is 57.1 Å². The van der Waals surface area contributed by atoms with E-state index >= 15 is 0 Å². The number of amides is 1. The average molecular weight is 525 g/mol. The first-order chi connectivity index (χ1) is 17.7. The fraction of sp³-hybridized carbons (Fsp3) is 0.333. The fourth-order valence-electron chi connectivity index (χ4n) is 4.60. The van der Waals surface area contributed by atoms with Gasteiger partial charge >= 0.3 is 5.97 Å². The average Bonchev–Trinajstić information content (AvgIpc) is 3.19. The molecule has 0 fully saturated rings. The zero-order chi connectivity index (χ0) is 26.9. The summed E-state index contributed by atoms with van der Waals surface area (Å²) in [6.45, 7) is 8.50. The zero-order valence-corrected chi connectivity index (χ0v) is 22.2. The molecule has 0 unspecified atom stereocenters. The number of nitrogens with zero attached hydrogens (tertiary/aromatic N) is 3. The van der Waals surface area contributed by atoms with Crippen LogP contribution in [0.5, 0.6) is 5.75 Å². The minimum Gasteiger partial charge on any atom is -0.497 e. The normalized spacial score (nSPS) is 11.2. The van der Waals surface area contributed by atoms with Gasteiger partial charge in [-0.05, 0) is 51.5 Å². The summed E-state index contributed by atoms with van der Waals surface area (Å²) in [7, 11) is 1.49. The number of carbonyl (C=O) groups is 2. The fourth-order valence-corrected chi connectivity index (χ4v) is 4.90. The smallest absolute Gasteiger partial charge is 0.325 e. The number of rotatable bonds is 8. The van der Waals surface area contributed by atoms with Crippen molar-refractivity contribution < 1.29 is 19.1 Å². The number of hydrogen-bond acceptors (Lipinski definition) is 6. The number of pyridine rings is 2. The van der Waals surface area contributed by atoms with Crippen LogP contribution in [0.25, 0.3) is 33.1 Å². The van der Waals surface area contributed by atoms with Crippen molar-refractivity contribution in [1.82, 2.24) is 19.4 Å². The molecule has 9 nitrogen and oxygen atoms in total. The largest absolute Gasteiger partial charge is 0.497 e. The van der Waals surface area contributed by atoms with Crippen molar-refractivity contribution in [2.24, 2.45) is 0 Å². The molecule has 3 heterocycles. The highest BCUT2D eigenvalue weighted by atomic mass is 35.5. The molecule has 0 saturated carbocycles. The van der Waals surface area contributed by atoms with Crippen LogP contribution in [0.1, 0.15) is 36.7 Å². The van der Waals surface area contributed by atoms with Crippen LogP contribution in [0.3, 0.4) is 0 Å². The molecule has 1 N–H and O–H groups in total. The van der Waals surface area contributed by atoms with Gasteiger partial charge < -0.3 is 23.9 Å². The molecule has 0 atom stereocenters. The van der Waals surface area contributed by atoms with Crippen molar-refractivity contribution in [2.45, 2.75) is 40.8 Å². The number of halogens is 1. The second-order valence-corrected chi connectivity index (χ2v) is 8.89. The molecule has 37 heavy (non-hydrogen) atoms. The van der Waals surface area contributed by atoms with Crippen molar-refractivity contribution in [3.8, 4) is 16.9 Å². The quantitative estimate of drug-likeness (QED) is 0.344. The Balaban J connectivity index is 1.99. The summed E-state index contributed by atoms with van der Waals surface area (Å²) >= 11 is 6.69. The first kappa shape index (κ1) is 26.2. The highest BCUT2D eigenvalue weighted by Crippen LogP contribution is 2.36. The lowest BCUT2D eigenvalue weighted by atomic mass is 10.0. The second-order valence-electron chi connectivity index (χ2n) is 8.51. The van der Waals surface area contributed by atoms with Crippen LogP contribution in [0.4, 0.5) is 0 Å². The maximum Gasteiger partial charge on any atom is 0.325 e. The summed E-state index contributed by atoms with van der Waals surface area (Å²) in [5.74, 6) is -0.310. The van der Waals surface area contributed by atoms with E-state index in [0.717, 1.165) is 16.3 Å². The minimum absolute atomic E-state index is 0.0210. The number of fused-ring (bicyclic) bond motifs is 3. The molecule has 0 spiro atoms. The van der Waals surface area contributed by atoms with Gasteiger partial charge in [0.25, 0.3) is 11.5 Å². The summed E-state index contributed by atoms with van der Waals surface area (Å²) in [5, 5.41) is 4.41. The Hall–Kier alpha value is -3.85. The third-order valence-corrected chi connectivity index (χ3v) is 6.60. The van der Waals surface area contributed by atoms with Crippen LogP contribution in [0, 0.1) is 6.92 Å². The number of benzene rings is 1. The van der Waals surface area contributed by atoms with Gasteiger partial charge in [-0.1, -0.05) is 11.6 Å². The molecular formula is C27H29ClN4O5. The first-order valence-electron chi connectivity index (χ1n) is 12.1. The van der Waals surface area contributed by atoms with E-state index in [9.17, 15) is 14.4 Å². The van der Waals surface area contributed by atoms with E-state index in [0.29, 0.717) is 47.7 Å². The number of esters is 1. The molecule has 1 aromatic carbocycles. The molecular weight excluding hydrogens is 496 g/mol. The Morgan fingerprint density at radius 3 is 2.54 bits per heavy atom. The Morgan fingerprint density at radius 2 is 1.89 bits per heavy atom. The number of aromatic nitrogens is 3. The van der Waals surface area contributed by atoms with Gasteiger partial charge in [0, 0.05) is 47.4 Å². The second kappa shape index (κ2) is 10.6. The third-order valence-electron chi connectivity index (χ3n) is 6.20. The molecule has 194 valence electrons. The molecule has 0 aliphatic rings. The van der Waals surface area contributed by atoms with Crippen molar-refractivity contribution in [3.63, 3.8) is 0 Å². The van der Waals surface area contributed by atoms with E-state index in [1.807, 2.05) is 27.0 Å². The van der Waals surface area contributed by atoms with Gasteiger partial charge in [-0.3, -0.25) is 14.4 Å². The molecule has 0 radical (unpaired) electrons. The summed E-state index contributed by atoms with van der Waals surface area (Å²) in [6.07, 6.45) is 3.51. The number of nitrogens with one attached hydrogen (secondary N) is 1. The number of ether oxygens (including phenoxy) is 2. The van der Waals surface area contributed by atoms with Gasteiger partial charge in [-0.25, -0.2) is 4.98 Å². The van der Waals surface area contributed by atoms with Crippen molar-refractivity contribution in [1.29, 1.82) is 0 Å². The molecule has 0 aliphatic heterocycles. The van der Waals surface area contributed by atoms with Gasteiger partial charge in [0.1, 0.15) is 17.9 Å². The molecule has 3 aromatic heterocycles.